The van der Waals surface area contributed by atoms with Crippen LogP contribution in [0.15, 0.2) is 36.7 Å². The average molecular weight is 433 g/mol. The van der Waals surface area contributed by atoms with Crippen molar-refractivity contribution in [3.63, 3.8) is 0 Å². The maximum absolute atomic E-state index is 6.75. The van der Waals surface area contributed by atoms with Crippen LogP contribution >= 0.6 is 11.6 Å². The minimum absolute atomic E-state index is 0.293. The first kappa shape index (κ1) is 19.0. The predicted octanol–water partition coefficient (Wildman–Crippen LogP) is 4.48. The molecule has 6 rings (SSSR count). The number of nitrogens with one attached hydrogen (secondary N) is 1. The molecular formula is C24H25ClN6. The number of aromatic nitrogens is 4. The molecule has 4 aromatic rings. The number of pyridine rings is 2. The lowest BCUT2D eigenvalue weighted by atomic mass is 10.0. The summed E-state index contributed by atoms with van der Waals surface area (Å²) in [6.45, 7) is 6.33. The Bertz CT molecular complexity index is 1340. The van der Waals surface area contributed by atoms with E-state index in [1.807, 2.05) is 30.2 Å². The van der Waals surface area contributed by atoms with Crippen LogP contribution in [0.5, 0.6) is 0 Å². The van der Waals surface area contributed by atoms with Crippen LogP contribution in [0.25, 0.3) is 33.2 Å². The second-order valence-electron chi connectivity index (χ2n) is 9.29. The van der Waals surface area contributed by atoms with Crippen molar-refractivity contribution in [3.8, 4) is 11.3 Å². The molecule has 0 radical (unpaired) electrons. The van der Waals surface area contributed by atoms with E-state index in [4.69, 9.17) is 21.6 Å². The lowest BCUT2D eigenvalue weighted by molar-refractivity contribution is 0.372. The zero-order valence-corrected chi connectivity index (χ0v) is 18.7. The summed E-state index contributed by atoms with van der Waals surface area (Å²) in [5.41, 5.74) is 6.09. The Morgan fingerprint density at radius 3 is 2.84 bits per heavy atom. The van der Waals surface area contributed by atoms with Crippen molar-refractivity contribution in [2.45, 2.75) is 38.3 Å². The van der Waals surface area contributed by atoms with Crippen molar-refractivity contribution in [1.29, 1.82) is 0 Å². The molecule has 4 heterocycles. The van der Waals surface area contributed by atoms with E-state index in [0.29, 0.717) is 22.3 Å². The summed E-state index contributed by atoms with van der Waals surface area (Å²) < 4.78 is 1.84. The van der Waals surface area contributed by atoms with Gasteiger partial charge >= 0.3 is 0 Å². The normalized spacial score (nSPS) is 20.1. The third-order valence-electron chi connectivity index (χ3n) is 6.57. The molecule has 158 valence electrons. The van der Waals surface area contributed by atoms with Gasteiger partial charge in [-0.25, -0.2) is 9.97 Å². The molecule has 2 fully saturated rings. The number of piperazine rings is 1. The molecule has 0 amide bonds. The molecule has 7 heteroatoms. The number of nitrogens with zero attached hydrogens (tertiary/aromatic N) is 5. The smallest absolute Gasteiger partial charge is 0.161 e. The van der Waals surface area contributed by atoms with Gasteiger partial charge in [0.05, 0.1) is 28.1 Å². The second-order valence-corrected chi connectivity index (χ2v) is 9.70. The van der Waals surface area contributed by atoms with Crippen LogP contribution < -0.4 is 10.2 Å². The molecule has 2 aliphatic rings. The van der Waals surface area contributed by atoms with E-state index in [1.54, 1.807) is 0 Å². The first-order valence-corrected chi connectivity index (χ1v) is 11.2. The highest BCUT2D eigenvalue weighted by atomic mass is 35.5. The van der Waals surface area contributed by atoms with E-state index < -0.39 is 0 Å². The van der Waals surface area contributed by atoms with Gasteiger partial charge in [0.2, 0.25) is 0 Å². The Balaban J connectivity index is 1.40. The SMILES string of the molecule is Cc1cc(-c2cc(Cl)c3cc(N4CC(C)NC5(CC5)C4)cnc3n2)cc2cn(C)nc12. The molecule has 1 saturated heterocycles. The number of rotatable bonds is 2. The zero-order valence-electron chi connectivity index (χ0n) is 18.0. The van der Waals surface area contributed by atoms with Gasteiger partial charge in [-0.2, -0.15) is 5.10 Å². The van der Waals surface area contributed by atoms with Crippen LogP contribution in [0.4, 0.5) is 5.69 Å². The number of halogens is 1. The molecule has 3 aromatic heterocycles. The molecule has 1 spiro atoms. The minimum atomic E-state index is 0.293. The van der Waals surface area contributed by atoms with Crippen molar-refractivity contribution in [3.05, 3.63) is 47.2 Å². The fourth-order valence-corrected chi connectivity index (χ4v) is 5.22. The van der Waals surface area contributed by atoms with Crippen LogP contribution in [0.2, 0.25) is 5.02 Å². The standard InChI is InChI=1S/C24H25ClN6/c1-14-6-16(7-17-12-30(3)29-22(14)17)21-9-20(25)19-8-18(10-26-23(19)27-21)31-11-15(2)28-24(13-31)4-5-24/h6-10,12,15,28H,4-5,11,13H2,1-3H3. The molecule has 1 unspecified atom stereocenters. The van der Waals surface area contributed by atoms with E-state index in [-0.39, 0.29) is 0 Å². The monoisotopic (exact) mass is 432 g/mol. The van der Waals surface area contributed by atoms with Crippen molar-refractivity contribution in [2.24, 2.45) is 7.05 Å². The summed E-state index contributed by atoms with van der Waals surface area (Å²) in [4.78, 5) is 12.0. The van der Waals surface area contributed by atoms with Crippen molar-refractivity contribution in [1.82, 2.24) is 25.1 Å². The molecule has 1 saturated carbocycles. The third kappa shape index (κ3) is 3.25. The summed E-state index contributed by atoms with van der Waals surface area (Å²) >= 11 is 6.75. The number of fused-ring (bicyclic) bond motifs is 2. The number of benzene rings is 1. The number of hydrogen-bond acceptors (Lipinski definition) is 5. The van der Waals surface area contributed by atoms with Gasteiger partial charge < -0.3 is 10.2 Å². The van der Waals surface area contributed by atoms with E-state index in [2.05, 4.69) is 47.4 Å². The second kappa shape index (κ2) is 6.65. The van der Waals surface area contributed by atoms with Gasteiger partial charge in [0.1, 0.15) is 0 Å². The van der Waals surface area contributed by atoms with Crippen molar-refractivity contribution in [2.75, 3.05) is 18.0 Å². The highest BCUT2D eigenvalue weighted by Gasteiger charge is 2.47. The molecule has 6 nitrogen and oxygen atoms in total. The Morgan fingerprint density at radius 1 is 1.19 bits per heavy atom. The van der Waals surface area contributed by atoms with Gasteiger partial charge in [0.15, 0.2) is 5.65 Å². The summed E-state index contributed by atoms with van der Waals surface area (Å²) in [7, 11) is 1.94. The number of anilines is 1. The predicted molar refractivity (Wildman–Crippen MR) is 126 cm³/mol. The fraction of sp³-hybridized carbons (Fsp3) is 0.375. The lowest BCUT2D eigenvalue weighted by Gasteiger charge is -2.39. The number of hydrogen-bond donors (Lipinski definition) is 1. The summed E-state index contributed by atoms with van der Waals surface area (Å²) in [5.74, 6) is 0. The van der Waals surface area contributed by atoms with E-state index >= 15 is 0 Å². The molecule has 1 atom stereocenters. The quantitative estimate of drug-likeness (QED) is 0.506. The summed E-state index contributed by atoms with van der Waals surface area (Å²) in [6.07, 6.45) is 6.47. The van der Waals surface area contributed by atoms with Gasteiger partial charge in [0.25, 0.3) is 0 Å². The van der Waals surface area contributed by atoms with Crippen molar-refractivity contribution >= 4 is 39.2 Å². The summed E-state index contributed by atoms with van der Waals surface area (Å²) in [6, 6.07) is 8.80. The van der Waals surface area contributed by atoms with E-state index in [0.717, 1.165) is 51.9 Å². The third-order valence-corrected chi connectivity index (χ3v) is 6.88. The molecular weight excluding hydrogens is 408 g/mol. The average Bonchev–Trinajstić information content (AvgIpc) is 3.34. The van der Waals surface area contributed by atoms with Gasteiger partial charge in [-0.1, -0.05) is 11.6 Å². The van der Waals surface area contributed by atoms with Gasteiger partial charge in [-0.05, 0) is 56.5 Å². The molecule has 1 aliphatic heterocycles. The summed E-state index contributed by atoms with van der Waals surface area (Å²) in [5, 5.41) is 11.0. The minimum Gasteiger partial charge on any atom is -0.367 e. The van der Waals surface area contributed by atoms with E-state index in [1.165, 1.54) is 12.8 Å². The topological polar surface area (TPSA) is 58.9 Å². The Hall–Kier alpha value is -2.70. The first-order valence-electron chi connectivity index (χ1n) is 10.8. The lowest BCUT2D eigenvalue weighted by Crippen LogP contribution is -2.57. The van der Waals surface area contributed by atoms with E-state index in [9.17, 15) is 0 Å². The Kier molecular flexibility index (Phi) is 4.08. The van der Waals surface area contributed by atoms with Gasteiger partial charge in [0, 0.05) is 54.3 Å². The molecule has 1 aromatic carbocycles. The van der Waals surface area contributed by atoms with Gasteiger partial charge in [-0.3, -0.25) is 4.68 Å². The van der Waals surface area contributed by atoms with Crippen molar-refractivity contribution < 1.29 is 0 Å². The van der Waals surface area contributed by atoms with Crippen LogP contribution in [-0.2, 0) is 7.05 Å². The number of aryl methyl sites for hydroxylation is 2. The maximum Gasteiger partial charge on any atom is 0.161 e. The Morgan fingerprint density at radius 2 is 2.03 bits per heavy atom. The molecule has 0 bridgehead atoms. The van der Waals surface area contributed by atoms with Crippen LogP contribution in [0.1, 0.15) is 25.3 Å². The van der Waals surface area contributed by atoms with Crippen LogP contribution in [0.3, 0.4) is 0 Å². The fourth-order valence-electron chi connectivity index (χ4n) is 4.98. The highest BCUT2D eigenvalue weighted by molar-refractivity contribution is 6.35. The zero-order chi connectivity index (χ0) is 21.3. The van der Waals surface area contributed by atoms with Crippen LogP contribution in [-0.4, -0.2) is 44.4 Å². The molecule has 1 aliphatic carbocycles. The highest BCUT2D eigenvalue weighted by Crippen LogP contribution is 2.40. The first-order chi connectivity index (χ1) is 14.9. The molecule has 31 heavy (non-hydrogen) atoms. The largest absolute Gasteiger partial charge is 0.367 e. The van der Waals surface area contributed by atoms with Crippen LogP contribution in [0, 0.1) is 6.92 Å². The Labute approximate surface area is 186 Å². The maximum atomic E-state index is 6.75. The molecule has 1 N–H and O–H groups in total. The van der Waals surface area contributed by atoms with Gasteiger partial charge in [-0.15, -0.1) is 0 Å².